The maximum atomic E-state index is 13.1. The summed E-state index contributed by atoms with van der Waals surface area (Å²) in [5, 5.41) is 9.42. The lowest BCUT2D eigenvalue weighted by molar-refractivity contribution is -0.144. The molecule has 5 nitrogen and oxygen atoms in total. The zero-order valence-electron chi connectivity index (χ0n) is 15.2. The smallest absolute Gasteiger partial charge is 0.228 e. The van der Waals surface area contributed by atoms with Crippen LogP contribution in [0, 0.1) is 5.41 Å². The van der Waals surface area contributed by atoms with E-state index >= 15 is 0 Å². The predicted molar refractivity (Wildman–Crippen MR) is 96.1 cm³/mol. The fourth-order valence-corrected chi connectivity index (χ4v) is 4.08. The van der Waals surface area contributed by atoms with Crippen LogP contribution in [0.4, 0.5) is 0 Å². The van der Waals surface area contributed by atoms with E-state index in [0.717, 1.165) is 37.9 Å². The quantitative estimate of drug-likeness (QED) is 0.913. The van der Waals surface area contributed by atoms with Crippen LogP contribution in [0.1, 0.15) is 45.1 Å². The number of benzene rings is 1. The second-order valence-electron chi connectivity index (χ2n) is 7.97. The Morgan fingerprint density at radius 2 is 1.92 bits per heavy atom. The normalized spacial score (nSPS) is 21.7. The third kappa shape index (κ3) is 3.97. The van der Waals surface area contributed by atoms with Crippen molar-refractivity contribution in [3.63, 3.8) is 0 Å². The molecule has 0 bridgehead atoms. The topological polar surface area (TPSA) is 60.9 Å². The monoisotopic (exact) mass is 344 g/mol. The van der Waals surface area contributed by atoms with Gasteiger partial charge in [0.25, 0.3) is 0 Å². The van der Waals surface area contributed by atoms with E-state index in [1.807, 2.05) is 35.8 Å². The number of aromatic hydroxyl groups is 1. The molecule has 0 radical (unpaired) electrons. The summed E-state index contributed by atoms with van der Waals surface area (Å²) in [4.78, 5) is 29.0. The van der Waals surface area contributed by atoms with Crippen LogP contribution in [-0.2, 0) is 16.0 Å². The molecule has 136 valence electrons. The van der Waals surface area contributed by atoms with Crippen LogP contribution in [0.25, 0.3) is 0 Å². The molecule has 1 aromatic carbocycles. The van der Waals surface area contributed by atoms with Crippen LogP contribution < -0.4 is 0 Å². The van der Waals surface area contributed by atoms with Crippen LogP contribution in [0.15, 0.2) is 24.3 Å². The van der Waals surface area contributed by atoms with Gasteiger partial charge < -0.3 is 14.9 Å². The van der Waals surface area contributed by atoms with E-state index in [-0.39, 0.29) is 23.6 Å². The molecule has 1 N–H and O–H groups in total. The highest BCUT2D eigenvalue weighted by Gasteiger charge is 2.37. The zero-order valence-corrected chi connectivity index (χ0v) is 15.2. The highest BCUT2D eigenvalue weighted by Crippen LogP contribution is 2.29. The second kappa shape index (κ2) is 7.06. The average Bonchev–Trinajstić information content (AvgIpc) is 3.02. The number of likely N-dealkylation sites (tertiary alicyclic amines) is 2. The van der Waals surface area contributed by atoms with Gasteiger partial charge in [-0.1, -0.05) is 26.0 Å². The van der Waals surface area contributed by atoms with Crippen molar-refractivity contribution >= 4 is 11.8 Å². The van der Waals surface area contributed by atoms with Gasteiger partial charge in [0.2, 0.25) is 11.8 Å². The van der Waals surface area contributed by atoms with Crippen LogP contribution in [0.2, 0.25) is 0 Å². The molecule has 1 atom stereocenters. The highest BCUT2D eigenvalue weighted by atomic mass is 16.3. The number of hydrogen-bond acceptors (Lipinski definition) is 3. The number of amides is 2. The first-order chi connectivity index (χ1) is 11.9. The molecule has 0 aliphatic carbocycles. The third-order valence-electron chi connectivity index (χ3n) is 5.40. The molecule has 2 fully saturated rings. The maximum absolute atomic E-state index is 13.1. The van der Waals surface area contributed by atoms with Crippen molar-refractivity contribution in [3.05, 3.63) is 29.8 Å². The minimum atomic E-state index is -0.506. The molecule has 2 saturated heterocycles. The Balaban J connectivity index is 1.66. The summed E-state index contributed by atoms with van der Waals surface area (Å²) in [6, 6.07) is 7.23. The summed E-state index contributed by atoms with van der Waals surface area (Å²) < 4.78 is 0. The van der Waals surface area contributed by atoms with Gasteiger partial charge in [-0.2, -0.15) is 0 Å². The Kier molecular flexibility index (Phi) is 5.02. The van der Waals surface area contributed by atoms with Crippen molar-refractivity contribution in [1.82, 2.24) is 9.80 Å². The van der Waals surface area contributed by atoms with Crippen molar-refractivity contribution in [2.45, 2.75) is 52.0 Å². The van der Waals surface area contributed by atoms with E-state index < -0.39 is 5.41 Å². The number of hydrogen-bond donors (Lipinski definition) is 1. The first-order valence-electron chi connectivity index (χ1n) is 9.23. The fourth-order valence-electron chi connectivity index (χ4n) is 4.08. The Bertz CT molecular complexity index is 639. The second-order valence-corrected chi connectivity index (χ2v) is 7.97. The van der Waals surface area contributed by atoms with Crippen LogP contribution in [-0.4, -0.2) is 52.4 Å². The Labute approximate surface area is 149 Å². The summed E-state index contributed by atoms with van der Waals surface area (Å²) in [6.07, 6.45) is 4.17. The number of piperidine rings is 1. The minimum absolute atomic E-state index is 0.150. The van der Waals surface area contributed by atoms with Gasteiger partial charge in [-0.3, -0.25) is 9.59 Å². The fraction of sp³-hybridized carbons (Fsp3) is 0.600. The molecule has 2 aliphatic rings. The van der Waals surface area contributed by atoms with Gasteiger partial charge in [0, 0.05) is 37.5 Å². The van der Waals surface area contributed by atoms with E-state index in [0.29, 0.717) is 19.4 Å². The highest BCUT2D eigenvalue weighted by molar-refractivity contribution is 5.83. The number of phenols is 1. The number of carbonyl (C=O) groups is 2. The molecule has 2 aliphatic heterocycles. The molecule has 5 heteroatoms. The molecule has 3 rings (SSSR count). The van der Waals surface area contributed by atoms with Gasteiger partial charge in [0.15, 0.2) is 0 Å². The third-order valence-corrected chi connectivity index (χ3v) is 5.40. The Morgan fingerprint density at radius 3 is 2.56 bits per heavy atom. The maximum Gasteiger partial charge on any atom is 0.228 e. The SMILES string of the molecule is CC(C)(Cc1ccc(O)cc1)C(=O)N1CCCC(N2CCCC2=O)C1. The van der Waals surface area contributed by atoms with Crippen molar-refractivity contribution < 1.29 is 14.7 Å². The van der Waals surface area contributed by atoms with E-state index in [1.54, 1.807) is 12.1 Å². The van der Waals surface area contributed by atoms with E-state index in [4.69, 9.17) is 0 Å². The Morgan fingerprint density at radius 1 is 1.20 bits per heavy atom. The molecule has 2 heterocycles. The van der Waals surface area contributed by atoms with Crippen LogP contribution in [0.5, 0.6) is 5.75 Å². The van der Waals surface area contributed by atoms with Crippen molar-refractivity contribution in [3.8, 4) is 5.75 Å². The standard InChI is InChI=1S/C20H28N2O3/c1-20(2,13-15-7-9-17(23)10-8-15)19(25)21-11-3-5-16(14-21)22-12-4-6-18(22)24/h7-10,16,23H,3-6,11-14H2,1-2H3. The minimum Gasteiger partial charge on any atom is -0.508 e. The molecule has 0 saturated carbocycles. The number of nitrogens with zero attached hydrogens (tertiary/aromatic N) is 2. The molecule has 25 heavy (non-hydrogen) atoms. The molecule has 1 unspecified atom stereocenters. The van der Waals surface area contributed by atoms with Gasteiger partial charge in [0.05, 0.1) is 0 Å². The lowest BCUT2D eigenvalue weighted by atomic mass is 9.83. The first-order valence-corrected chi connectivity index (χ1v) is 9.23. The van der Waals surface area contributed by atoms with Gasteiger partial charge in [0.1, 0.15) is 5.75 Å². The predicted octanol–water partition coefficient (Wildman–Crippen LogP) is 2.57. The average molecular weight is 344 g/mol. The number of carbonyl (C=O) groups excluding carboxylic acids is 2. The van der Waals surface area contributed by atoms with Gasteiger partial charge in [-0.05, 0) is 43.4 Å². The first kappa shape index (κ1) is 17.8. The Hall–Kier alpha value is -2.04. The molecular formula is C20H28N2O3. The summed E-state index contributed by atoms with van der Waals surface area (Å²) in [5.74, 6) is 0.626. The van der Waals surface area contributed by atoms with Gasteiger partial charge >= 0.3 is 0 Å². The zero-order chi connectivity index (χ0) is 18.0. The van der Waals surface area contributed by atoms with Crippen LogP contribution >= 0.6 is 0 Å². The molecule has 0 spiro atoms. The molecular weight excluding hydrogens is 316 g/mol. The van der Waals surface area contributed by atoms with Crippen molar-refractivity contribution in [1.29, 1.82) is 0 Å². The van der Waals surface area contributed by atoms with Gasteiger partial charge in [-0.15, -0.1) is 0 Å². The molecule has 2 amide bonds. The summed E-state index contributed by atoms with van der Waals surface area (Å²) in [6.45, 7) is 6.22. The van der Waals surface area contributed by atoms with E-state index in [2.05, 4.69) is 0 Å². The van der Waals surface area contributed by atoms with Gasteiger partial charge in [-0.25, -0.2) is 0 Å². The number of phenolic OH excluding ortho intramolecular Hbond substituents is 1. The lowest BCUT2D eigenvalue weighted by Crippen LogP contribution is -2.53. The van der Waals surface area contributed by atoms with Crippen molar-refractivity contribution in [2.75, 3.05) is 19.6 Å². The largest absolute Gasteiger partial charge is 0.508 e. The summed E-state index contributed by atoms with van der Waals surface area (Å²) in [5.41, 5.74) is 0.535. The summed E-state index contributed by atoms with van der Waals surface area (Å²) >= 11 is 0. The van der Waals surface area contributed by atoms with E-state index in [9.17, 15) is 14.7 Å². The number of rotatable bonds is 4. The van der Waals surface area contributed by atoms with E-state index in [1.165, 1.54) is 0 Å². The summed E-state index contributed by atoms with van der Waals surface area (Å²) in [7, 11) is 0. The van der Waals surface area contributed by atoms with Crippen molar-refractivity contribution in [2.24, 2.45) is 5.41 Å². The molecule has 0 aromatic heterocycles. The van der Waals surface area contributed by atoms with Crippen LogP contribution in [0.3, 0.4) is 0 Å². The lowest BCUT2D eigenvalue weighted by Gasteiger charge is -2.40. The molecule has 1 aromatic rings.